The Morgan fingerprint density at radius 2 is 1.44 bits per heavy atom. The van der Waals surface area contributed by atoms with Gasteiger partial charge in [-0.15, -0.1) is 0 Å². The van der Waals surface area contributed by atoms with Crippen molar-refractivity contribution in [1.29, 1.82) is 0 Å². The lowest BCUT2D eigenvalue weighted by Crippen LogP contribution is -2.56. The molecule has 3 aromatic rings. The minimum absolute atomic E-state index is 0.152. The SMILES string of the molecule is Cc1ccc(C)c(N(CC(=O)N(Cc2ccccc2)[C@H](Cc2ccccc2)C(=O)NC(C)(C)C)S(C)(=O)=O)c1. The van der Waals surface area contributed by atoms with Gasteiger partial charge in [0.15, 0.2) is 0 Å². The van der Waals surface area contributed by atoms with Gasteiger partial charge in [-0.2, -0.15) is 0 Å². The molecular weight excluding hydrogens is 510 g/mol. The van der Waals surface area contributed by atoms with E-state index in [2.05, 4.69) is 5.32 Å². The highest BCUT2D eigenvalue weighted by Gasteiger charge is 2.34. The van der Waals surface area contributed by atoms with Crippen LogP contribution in [-0.4, -0.2) is 49.5 Å². The zero-order chi connectivity index (χ0) is 28.8. The second kappa shape index (κ2) is 12.5. The average Bonchev–Trinajstić information content (AvgIpc) is 2.85. The standard InChI is InChI=1S/C31H39N3O4S/c1-23-17-18-24(2)27(19-23)34(39(6,37)38)22-29(35)33(21-26-15-11-8-12-16-26)28(30(36)32-31(3,4)5)20-25-13-9-7-10-14-25/h7-19,28H,20-22H2,1-6H3,(H,32,36)/t28-/m1/s1. The second-order valence-corrected chi connectivity index (χ2v) is 12.9. The minimum Gasteiger partial charge on any atom is -0.350 e. The molecule has 0 fully saturated rings. The van der Waals surface area contributed by atoms with Crippen LogP contribution in [0.2, 0.25) is 0 Å². The van der Waals surface area contributed by atoms with Crippen LogP contribution < -0.4 is 9.62 Å². The van der Waals surface area contributed by atoms with Gasteiger partial charge in [0, 0.05) is 18.5 Å². The van der Waals surface area contributed by atoms with E-state index in [0.29, 0.717) is 5.69 Å². The van der Waals surface area contributed by atoms with E-state index in [0.717, 1.165) is 32.8 Å². The topological polar surface area (TPSA) is 86.8 Å². The number of amides is 2. The maximum atomic E-state index is 14.1. The van der Waals surface area contributed by atoms with Gasteiger partial charge in [0.05, 0.1) is 11.9 Å². The van der Waals surface area contributed by atoms with E-state index in [1.54, 1.807) is 6.07 Å². The summed E-state index contributed by atoms with van der Waals surface area (Å²) in [5, 5.41) is 3.03. The molecule has 0 spiro atoms. The third kappa shape index (κ3) is 8.68. The van der Waals surface area contributed by atoms with Crippen molar-refractivity contribution >= 4 is 27.5 Å². The number of rotatable bonds is 10. The first-order valence-electron chi connectivity index (χ1n) is 13.0. The lowest BCUT2D eigenvalue weighted by atomic mass is 10.0. The average molecular weight is 550 g/mol. The molecule has 8 heteroatoms. The van der Waals surface area contributed by atoms with Crippen LogP contribution in [0.15, 0.2) is 78.9 Å². The molecular formula is C31H39N3O4S. The van der Waals surface area contributed by atoms with E-state index in [-0.39, 0.29) is 18.9 Å². The van der Waals surface area contributed by atoms with Crippen LogP contribution in [0.4, 0.5) is 5.69 Å². The molecule has 0 bridgehead atoms. The van der Waals surface area contributed by atoms with E-state index in [1.165, 1.54) is 4.90 Å². The predicted octanol–water partition coefficient (Wildman–Crippen LogP) is 4.62. The molecule has 7 nitrogen and oxygen atoms in total. The van der Waals surface area contributed by atoms with Crippen molar-refractivity contribution in [3.63, 3.8) is 0 Å². The van der Waals surface area contributed by atoms with Gasteiger partial charge in [0.25, 0.3) is 0 Å². The summed E-state index contributed by atoms with van der Waals surface area (Å²) in [5.41, 5.74) is 3.27. The van der Waals surface area contributed by atoms with Crippen molar-refractivity contribution in [1.82, 2.24) is 10.2 Å². The van der Waals surface area contributed by atoms with E-state index < -0.39 is 34.1 Å². The number of nitrogens with zero attached hydrogens (tertiary/aromatic N) is 2. The number of carbonyl (C=O) groups excluding carboxylic acids is 2. The first-order chi connectivity index (χ1) is 18.2. The Morgan fingerprint density at radius 1 is 0.872 bits per heavy atom. The van der Waals surface area contributed by atoms with Gasteiger partial charge in [-0.25, -0.2) is 8.42 Å². The molecule has 39 heavy (non-hydrogen) atoms. The molecule has 1 N–H and O–H groups in total. The summed E-state index contributed by atoms with van der Waals surface area (Å²) in [6.45, 7) is 9.08. The van der Waals surface area contributed by atoms with Gasteiger partial charge >= 0.3 is 0 Å². The van der Waals surface area contributed by atoms with Crippen LogP contribution in [0.3, 0.4) is 0 Å². The zero-order valence-electron chi connectivity index (χ0n) is 23.6. The van der Waals surface area contributed by atoms with Gasteiger partial charge < -0.3 is 10.2 Å². The first-order valence-corrected chi connectivity index (χ1v) is 14.8. The summed E-state index contributed by atoms with van der Waals surface area (Å²) in [6, 6.07) is 23.6. The van der Waals surface area contributed by atoms with Crippen LogP contribution in [-0.2, 0) is 32.6 Å². The molecule has 0 saturated heterocycles. The fourth-order valence-corrected chi connectivity index (χ4v) is 5.27. The van der Waals surface area contributed by atoms with E-state index in [1.807, 2.05) is 107 Å². The van der Waals surface area contributed by atoms with Crippen LogP contribution in [0.5, 0.6) is 0 Å². The lowest BCUT2D eigenvalue weighted by Gasteiger charge is -2.35. The monoisotopic (exact) mass is 549 g/mol. The first kappa shape index (κ1) is 29.9. The van der Waals surface area contributed by atoms with Crippen LogP contribution >= 0.6 is 0 Å². The highest BCUT2D eigenvalue weighted by Crippen LogP contribution is 2.25. The van der Waals surface area contributed by atoms with Gasteiger partial charge in [-0.05, 0) is 62.9 Å². The number of anilines is 1. The Labute approximate surface area is 232 Å². The van der Waals surface area contributed by atoms with Gasteiger partial charge in [-0.3, -0.25) is 13.9 Å². The molecule has 0 aromatic heterocycles. The lowest BCUT2D eigenvalue weighted by molar-refractivity contribution is -0.140. The minimum atomic E-state index is -3.81. The largest absolute Gasteiger partial charge is 0.350 e. The van der Waals surface area contributed by atoms with Crippen LogP contribution in [0.25, 0.3) is 0 Å². The number of sulfonamides is 1. The van der Waals surface area contributed by atoms with Crippen LogP contribution in [0, 0.1) is 13.8 Å². The molecule has 208 valence electrons. The molecule has 3 aromatic carbocycles. The van der Waals surface area contributed by atoms with Crippen LogP contribution in [0.1, 0.15) is 43.0 Å². The molecule has 2 amide bonds. The molecule has 0 aliphatic carbocycles. The van der Waals surface area contributed by atoms with Crippen molar-refractivity contribution in [3.8, 4) is 0 Å². The fraction of sp³-hybridized carbons (Fsp3) is 0.355. The highest BCUT2D eigenvalue weighted by molar-refractivity contribution is 7.92. The quantitative estimate of drug-likeness (QED) is 0.400. The summed E-state index contributed by atoms with van der Waals surface area (Å²) in [4.78, 5) is 29.3. The molecule has 3 rings (SSSR count). The Bertz CT molecular complexity index is 1380. The van der Waals surface area contributed by atoms with Crippen molar-refractivity contribution in [2.75, 3.05) is 17.1 Å². The molecule has 0 radical (unpaired) electrons. The number of carbonyl (C=O) groups is 2. The molecule has 0 aliphatic heterocycles. The fourth-order valence-electron chi connectivity index (χ4n) is 4.37. The normalized spacial score (nSPS) is 12.5. The number of hydrogen-bond acceptors (Lipinski definition) is 4. The number of nitrogens with one attached hydrogen (secondary N) is 1. The van der Waals surface area contributed by atoms with Crippen molar-refractivity contribution in [2.45, 2.75) is 59.2 Å². The number of hydrogen-bond donors (Lipinski definition) is 1. The zero-order valence-corrected chi connectivity index (χ0v) is 24.5. The molecule has 0 heterocycles. The maximum absolute atomic E-state index is 14.1. The van der Waals surface area contributed by atoms with Gasteiger partial charge in [-0.1, -0.05) is 72.8 Å². The smallest absolute Gasteiger partial charge is 0.244 e. The summed E-state index contributed by atoms with van der Waals surface area (Å²) >= 11 is 0. The van der Waals surface area contributed by atoms with Gasteiger partial charge in [0.2, 0.25) is 21.8 Å². The Balaban J connectivity index is 2.08. The molecule has 0 saturated carbocycles. The summed E-state index contributed by atoms with van der Waals surface area (Å²) in [6.07, 6.45) is 1.38. The Morgan fingerprint density at radius 3 is 1.97 bits per heavy atom. The van der Waals surface area contributed by atoms with Crippen molar-refractivity contribution in [2.24, 2.45) is 0 Å². The summed E-state index contributed by atoms with van der Waals surface area (Å²) < 4.78 is 27.1. The number of benzene rings is 3. The predicted molar refractivity (Wildman–Crippen MR) is 157 cm³/mol. The van der Waals surface area contributed by atoms with E-state index in [4.69, 9.17) is 0 Å². The third-order valence-corrected chi connectivity index (χ3v) is 7.40. The maximum Gasteiger partial charge on any atom is 0.244 e. The van der Waals surface area contributed by atoms with Crippen molar-refractivity contribution in [3.05, 3.63) is 101 Å². The molecule has 0 unspecified atom stereocenters. The summed E-state index contributed by atoms with van der Waals surface area (Å²) in [7, 11) is -3.81. The molecule has 1 atom stereocenters. The second-order valence-electron chi connectivity index (χ2n) is 11.0. The van der Waals surface area contributed by atoms with Gasteiger partial charge in [0.1, 0.15) is 12.6 Å². The Hall–Kier alpha value is -3.65. The molecule has 0 aliphatic rings. The Kier molecular flexibility index (Phi) is 9.56. The highest BCUT2D eigenvalue weighted by atomic mass is 32.2. The number of aryl methyl sites for hydroxylation is 2. The summed E-state index contributed by atoms with van der Waals surface area (Å²) in [5.74, 6) is -0.761. The van der Waals surface area contributed by atoms with E-state index >= 15 is 0 Å². The van der Waals surface area contributed by atoms with E-state index in [9.17, 15) is 18.0 Å². The third-order valence-electron chi connectivity index (χ3n) is 6.28. The van der Waals surface area contributed by atoms with Crippen molar-refractivity contribution < 1.29 is 18.0 Å².